The van der Waals surface area contributed by atoms with Gasteiger partial charge in [-0.25, -0.2) is 4.39 Å². The first-order chi connectivity index (χ1) is 9.47. The van der Waals surface area contributed by atoms with Crippen molar-refractivity contribution in [1.82, 2.24) is 0 Å². The molecule has 0 aliphatic rings. The summed E-state index contributed by atoms with van der Waals surface area (Å²) in [5.74, 6) is -0.0457. The third-order valence-corrected chi connectivity index (χ3v) is 3.71. The molecule has 0 spiro atoms. The number of ether oxygens (including phenoxy) is 1. The second-order valence-corrected chi connectivity index (χ2v) is 5.62. The van der Waals surface area contributed by atoms with Gasteiger partial charge in [0, 0.05) is 10.5 Å². The Morgan fingerprint density at radius 2 is 2.00 bits per heavy atom. The molecule has 2 aromatic rings. The molecule has 0 aromatic heterocycles. The van der Waals surface area contributed by atoms with Crippen LogP contribution in [0.25, 0.3) is 0 Å². The van der Waals surface area contributed by atoms with Gasteiger partial charge in [0.2, 0.25) is 0 Å². The molecule has 0 atom stereocenters. The summed E-state index contributed by atoms with van der Waals surface area (Å²) in [6, 6.07) is 8.90. The van der Waals surface area contributed by atoms with Crippen LogP contribution in [0, 0.1) is 15.9 Å². The van der Waals surface area contributed by atoms with E-state index in [4.69, 9.17) is 4.74 Å². The highest BCUT2D eigenvalue weighted by Gasteiger charge is 2.15. The van der Waals surface area contributed by atoms with E-state index in [1.165, 1.54) is 24.3 Å². The quantitative estimate of drug-likeness (QED) is 0.541. The molecule has 0 saturated heterocycles. The summed E-state index contributed by atoms with van der Waals surface area (Å²) in [4.78, 5) is 10.3. The van der Waals surface area contributed by atoms with E-state index in [1.54, 1.807) is 12.1 Å². The van der Waals surface area contributed by atoms with Crippen molar-refractivity contribution in [2.24, 2.45) is 0 Å². The molecule has 0 bridgehead atoms. The summed E-state index contributed by atoms with van der Waals surface area (Å²) >= 11 is 6.32. The van der Waals surface area contributed by atoms with Crippen molar-refractivity contribution in [3.8, 4) is 5.75 Å². The lowest BCUT2D eigenvalue weighted by Gasteiger charge is -2.09. The Kier molecular flexibility index (Phi) is 4.72. The number of benzene rings is 2. The first kappa shape index (κ1) is 14.9. The Balaban J connectivity index is 2.19. The first-order valence-electron chi connectivity index (χ1n) is 5.48. The molecule has 0 radical (unpaired) electrons. The minimum Gasteiger partial charge on any atom is -0.487 e. The molecule has 0 unspecified atom stereocenters. The normalized spacial score (nSPS) is 10.3. The van der Waals surface area contributed by atoms with E-state index in [2.05, 4.69) is 31.9 Å². The number of halogens is 3. The molecule has 4 nitrogen and oxygen atoms in total. The zero-order chi connectivity index (χ0) is 14.7. The van der Waals surface area contributed by atoms with Gasteiger partial charge in [0.15, 0.2) is 0 Å². The topological polar surface area (TPSA) is 52.4 Å². The summed E-state index contributed by atoms with van der Waals surface area (Å²) in [5.41, 5.74) is 0.540. The van der Waals surface area contributed by atoms with Crippen molar-refractivity contribution < 1.29 is 14.1 Å². The van der Waals surface area contributed by atoms with Crippen LogP contribution in [0.2, 0.25) is 0 Å². The molecule has 0 aliphatic heterocycles. The van der Waals surface area contributed by atoms with Crippen molar-refractivity contribution in [3.63, 3.8) is 0 Å². The molecule has 0 fully saturated rings. The highest BCUT2D eigenvalue weighted by Crippen LogP contribution is 2.34. The standard InChI is InChI=1S/C13H8Br2FNO3/c14-9-4-8(5-10(16)6-9)7-20-12-3-1-2-11(13(12)15)17(18)19/h1-6H,7H2. The molecule has 0 amide bonds. The molecular formula is C13H8Br2FNO3. The molecule has 0 N–H and O–H groups in total. The van der Waals surface area contributed by atoms with Crippen LogP contribution in [0.15, 0.2) is 45.3 Å². The van der Waals surface area contributed by atoms with Gasteiger partial charge < -0.3 is 4.74 Å². The Hall–Kier alpha value is -1.47. The van der Waals surface area contributed by atoms with Crippen LogP contribution in [-0.4, -0.2) is 4.92 Å². The number of nitro benzene ring substituents is 1. The van der Waals surface area contributed by atoms with Crippen LogP contribution in [0.3, 0.4) is 0 Å². The van der Waals surface area contributed by atoms with Crippen molar-refractivity contribution in [2.75, 3.05) is 0 Å². The molecule has 104 valence electrons. The molecule has 7 heteroatoms. The van der Waals surface area contributed by atoms with E-state index in [-0.39, 0.29) is 22.6 Å². The molecule has 0 saturated carbocycles. The highest BCUT2D eigenvalue weighted by molar-refractivity contribution is 9.11. The SMILES string of the molecule is O=[N+]([O-])c1cccc(OCc2cc(F)cc(Br)c2)c1Br. The second kappa shape index (κ2) is 6.32. The smallest absolute Gasteiger partial charge is 0.287 e. The Morgan fingerprint density at radius 3 is 2.65 bits per heavy atom. The highest BCUT2D eigenvalue weighted by atomic mass is 79.9. The Morgan fingerprint density at radius 1 is 1.25 bits per heavy atom. The van der Waals surface area contributed by atoms with Crippen LogP contribution in [0.5, 0.6) is 5.75 Å². The minimum absolute atomic E-state index is 0.0806. The monoisotopic (exact) mass is 403 g/mol. The number of hydrogen-bond acceptors (Lipinski definition) is 3. The van der Waals surface area contributed by atoms with Gasteiger partial charge in [0.25, 0.3) is 5.69 Å². The molecule has 0 aliphatic carbocycles. The summed E-state index contributed by atoms with van der Waals surface area (Å²) < 4.78 is 19.6. The number of rotatable bonds is 4. The van der Waals surface area contributed by atoms with Gasteiger partial charge in [-0.15, -0.1) is 0 Å². The second-order valence-electron chi connectivity index (χ2n) is 3.91. The zero-order valence-corrected chi connectivity index (χ0v) is 13.1. The Labute approximate surface area is 131 Å². The van der Waals surface area contributed by atoms with Gasteiger partial charge >= 0.3 is 0 Å². The summed E-state index contributed by atoms with van der Waals surface area (Å²) in [5, 5.41) is 10.8. The third kappa shape index (κ3) is 3.55. The zero-order valence-electron chi connectivity index (χ0n) is 9.98. The van der Waals surface area contributed by atoms with Crippen LogP contribution in [-0.2, 0) is 6.61 Å². The molecule has 0 heterocycles. The third-order valence-electron chi connectivity index (χ3n) is 2.46. The predicted molar refractivity (Wildman–Crippen MR) is 79.2 cm³/mol. The maximum absolute atomic E-state index is 13.2. The van der Waals surface area contributed by atoms with Crippen molar-refractivity contribution in [3.05, 3.63) is 66.8 Å². The van der Waals surface area contributed by atoms with Gasteiger partial charge in [0.1, 0.15) is 22.6 Å². The van der Waals surface area contributed by atoms with Gasteiger partial charge in [-0.2, -0.15) is 0 Å². The van der Waals surface area contributed by atoms with Crippen LogP contribution < -0.4 is 4.74 Å². The summed E-state index contributed by atoms with van der Waals surface area (Å²) in [6.45, 7) is 0.107. The number of nitro groups is 1. The van der Waals surface area contributed by atoms with Crippen LogP contribution >= 0.6 is 31.9 Å². The lowest BCUT2D eigenvalue weighted by Crippen LogP contribution is -1.98. The van der Waals surface area contributed by atoms with Crippen molar-refractivity contribution in [1.29, 1.82) is 0 Å². The average Bonchev–Trinajstić information content (AvgIpc) is 2.36. The average molecular weight is 405 g/mol. The molecule has 2 aromatic carbocycles. The minimum atomic E-state index is -0.504. The van der Waals surface area contributed by atoms with Gasteiger partial charge in [-0.05, 0) is 45.8 Å². The largest absolute Gasteiger partial charge is 0.487 e. The van der Waals surface area contributed by atoms with E-state index in [9.17, 15) is 14.5 Å². The maximum Gasteiger partial charge on any atom is 0.287 e. The maximum atomic E-state index is 13.2. The fourth-order valence-electron chi connectivity index (χ4n) is 1.61. The molecular weight excluding hydrogens is 397 g/mol. The van der Waals surface area contributed by atoms with Crippen LogP contribution in [0.4, 0.5) is 10.1 Å². The van der Waals surface area contributed by atoms with E-state index >= 15 is 0 Å². The van der Waals surface area contributed by atoms with Gasteiger partial charge in [-0.1, -0.05) is 22.0 Å². The first-order valence-corrected chi connectivity index (χ1v) is 7.06. The van der Waals surface area contributed by atoms with E-state index in [1.807, 2.05) is 0 Å². The van der Waals surface area contributed by atoms with Crippen LogP contribution in [0.1, 0.15) is 5.56 Å². The summed E-state index contributed by atoms with van der Waals surface area (Å²) in [6.07, 6.45) is 0. The molecule has 20 heavy (non-hydrogen) atoms. The summed E-state index contributed by atoms with van der Waals surface area (Å²) in [7, 11) is 0. The van der Waals surface area contributed by atoms with E-state index in [0.717, 1.165) is 0 Å². The lowest BCUT2D eigenvalue weighted by molar-refractivity contribution is -0.385. The van der Waals surface area contributed by atoms with Crippen molar-refractivity contribution >= 4 is 37.5 Å². The molecule has 2 rings (SSSR count). The fraction of sp³-hybridized carbons (Fsp3) is 0.0769. The lowest BCUT2D eigenvalue weighted by atomic mass is 10.2. The van der Waals surface area contributed by atoms with Gasteiger partial charge in [0.05, 0.1) is 4.92 Å². The number of hydrogen-bond donors (Lipinski definition) is 0. The van der Waals surface area contributed by atoms with E-state index < -0.39 is 4.92 Å². The van der Waals surface area contributed by atoms with Gasteiger partial charge in [-0.3, -0.25) is 10.1 Å². The predicted octanol–water partition coefficient (Wildman–Crippen LogP) is 4.84. The Bertz CT molecular complexity index is 644. The van der Waals surface area contributed by atoms with Crippen molar-refractivity contribution in [2.45, 2.75) is 6.61 Å². The number of nitrogens with zero attached hydrogens (tertiary/aromatic N) is 1. The fourth-order valence-corrected chi connectivity index (χ4v) is 2.64. The van der Waals surface area contributed by atoms with E-state index in [0.29, 0.717) is 15.8 Å².